The first-order valence-electron chi connectivity index (χ1n) is 7.04. The van der Waals surface area contributed by atoms with Crippen molar-refractivity contribution >= 4 is 17.3 Å². The van der Waals surface area contributed by atoms with Crippen molar-refractivity contribution in [2.75, 3.05) is 0 Å². The zero-order valence-electron chi connectivity index (χ0n) is 12.7. The third kappa shape index (κ3) is 3.12. The lowest BCUT2D eigenvalue weighted by Gasteiger charge is -2.11. The molecule has 0 aliphatic heterocycles. The number of ether oxygens (including phenoxy) is 1. The van der Waals surface area contributed by atoms with Gasteiger partial charge in [-0.3, -0.25) is 0 Å². The molecule has 1 N–H and O–H groups in total. The lowest BCUT2D eigenvalue weighted by atomic mass is 9.95. The lowest BCUT2D eigenvalue weighted by Crippen LogP contribution is -2.03. The number of aromatic carboxylic acids is 1. The highest BCUT2D eigenvalue weighted by Crippen LogP contribution is 2.33. The average molecular weight is 336 g/mol. The highest BCUT2D eigenvalue weighted by molar-refractivity contribution is 7.11. The second-order valence-corrected chi connectivity index (χ2v) is 5.93. The summed E-state index contributed by atoms with van der Waals surface area (Å²) in [5, 5.41) is 21.1. The SMILES string of the molecule is Cc1ccc(-c2cc(Oc3nccs3)cc(C(=O)O)c2C#N)cc1. The fraction of sp³-hybridized carbons (Fsp3) is 0.0556. The van der Waals surface area contributed by atoms with Crippen molar-refractivity contribution in [1.82, 2.24) is 4.98 Å². The molecule has 2 aromatic carbocycles. The number of nitriles is 1. The number of carboxylic acid groups (broad SMARTS) is 1. The van der Waals surface area contributed by atoms with E-state index in [0.717, 1.165) is 11.1 Å². The minimum atomic E-state index is -1.18. The number of aromatic nitrogens is 1. The van der Waals surface area contributed by atoms with Gasteiger partial charge in [-0.15, -0.1) is 0 Å². The van der Waals surface area contributed by atoms with Crippen LogP contribution < -0.4 is 4.74 Å². The summed E-state index contributed by atoms with van der Waals surface area (Å²) in [6.07, 6.45) is 1.60. The van der Waals surface area contributed by atoms with Gasteiger partial charge >= 0.3 is 5.97 Å². The highest BCUT2D eigenvalue weighted by Gasteiger charge is 2.18. The zero-order chi connectivity index (χ0) is 17.1. The number of hydrogen-bond acceptors (Lipinski definition) is 5. The van der Waals surface area contributed by atoms with E-state index in [2.05, 4.69) is 4.98 Å². The number of aryl methyl sites for hydroxylation is 1. The summed E-state index contributed by atoms with van der Waals surface area (Å²) in [5.74, 6) is -0.846. The molecule has 0 aliphatic carbocycles. The first-order valence-corrected chi connectivity index (χ1v) is 7.92. The Morgan fingerprint density at radius 2 is 2.04 bits per heavy atom. The van der Waals surface area contributed by atoms with Gasteiger partial charge in [-0.05, 0) is 24.6 Å². The number of carbonyl (C=O) groups is 1. The van der Waals surface area contributed by atoms with E-state index < -0.39 is 5.97 Å². The van der Waals surface area contributed by atoms with Gasteiger partial charge < -0.3 is 9.84 Å². The van der Waals surface area contributed by atoms with E-state index in [9.17, 15) is 15.2 Å². The Kier molecular flexibility index (Phi) is 4.27. The van der Waals surface area contributed by atoms with E-state index in [1.54, 1.807) is 17.6 Å². The zero-order valence-corrected chi connectivity index (χ0v) is 13.5. The maximum atomic E-state index is 11.6. The van der Waals surface area contributed by atoms with E-state index in [1.807, 2.05) is 37.3 Å². The summed E-state index contributed by atoms with van der Waals surface area (Å²) in [5.41, 5.74) is 2.36. The van der Waals surface area contributed by atoms with E-state index >= 15 is 0 Å². The molecule has 0 amide bonds. The van der Waals surface area contributed by atoms with Crippen LogP contribution >= 0.6 is 11.3 Å². The third-order valence-corrected chi connectivity index (χ3v) is 4.08. The summed E-state index contributed by atoms with van der Waals surface area (Å²) >= 11 is 1.30. The van der Waals surface area contributed by atoms with Crippen LogP contribution in [0.15, 0.2) is 48.0 Å². The fourth-order valence-corrected chi connectivity index (χ4v) is 2.79. The molecular weight excluding hydrogens is 324 g/mol. The number of thiazole rings is 1. The van der Waals surface area contributed by atoms with Crippen molar-refractivity contribution in [3.63, 3.8) is 0 Å². The molecule has 0 saturated carbocycles. The Morgan fingerprint density at radius 3 is 2.62 bits per heavy atom. The van der Waals surface area contributed by atoms with Gasteiger partial charge in [0.15, 0.2) is 0 Å². The van der Waals surface area contributed by atoms with Crippen LogP contribution in [0.4, 0.5) is 0 Å². The molecule has 0 bridgehead atoms. The van der Waals surface area contributed by atoms with Crippen LogP contribution in [-0.2, 0) is 0 Å². The van der Waals surface area contributed by atoms with Crippen molar-refractivity contribution in [2.24, 2.45) is 0 Å². The topological polar surface area (TPSA) is 83.2 Å². The first-order chi connectivity index (χ1) is 11.6. The van der Waals surface area contributed by atoms with Crippen LogP contribution in [0.2, 0.25) is 0 Å². The Labute approximate surface area is 142 Å². The monoisotopic (exact) mass is 336 g/mol. The predicted molar refractivity (Wildman–Crippen MR) is 90.5 cm³/mol. The second-order valence-electron chi connectivity index (χ2n) is 5.08. The lowest BCUT2D eigenvalue weighted by molar-refractivity contribution is 0.0696. The fourth-order valence-electron chi connectivity index (χ4n) is 2.29. The van der Waals surface area contributed by atoms with Crippen LogP contribution in [0.25, 0.3) is 11.1 Å². The summed E-state index contributed by atoms with van der Waals surface area (Å²) in [6, 6.07) is 12.5. The van der Waals surface area contributed by atoms with Crippen LogP contribution in [0, 0.1) is 18.3 Å². The smallest absolute Gasteiger partial charge is 0.337 e. The summed E-state index contributed by atoms with van der Waals surface area (Å²) in [7, 11) is 0. The van der Waals surface area contributed by atoms with Crippen LogP contribution in [0.5, 0.6) is 10.9 Å². The molecule has 5 nitrogen and oxygen atoms in total. The summed E-state index contributed by atoms with van der Waals surface area (Å²) in [6.45, 7) is 1.96. The Morgan fingerprint density at radius 1 is 1.29 bits per heavy atom. The van der Waals surface area contributed by atoms with Gasteiger partial charge in [0.1, 0.15) is 11.8 Å². The molecule has 0 spiro atoms. The molecule has 0 fully saturated rings. The van der Waals surface area contributed by atoms with Crippen molar-refractivity contribution in [1.29, 1.82) is 5.26 Å². The molecule has 1 heterocycles. The molecule has 118 valence electrons. The minimum absolute atomic E-state index is 0.0952. The normalized spacial score (nSPS) is 10.2. The summed E-state index contributed by atoms with van der Waals surface area (Å²) in [4.78, 5) is 15.6. The summed E-state index contributed by atoms with van der Waals surface area (Å²) < 4.78 is 5.63. The van der Waals surface area contributed by atoms with Gasteiger partial charge in [0.25, 0.3) is 5.19 Å². The Bertz CT molecular complexity index is 926. The molecule has 6 heteroatoms. The van der Waals surface area contributed by atoms with Crippen LogP contribution in [0.3, 0.4) is 0 Å². The van der Waals surface area contributed by atoms with Crippen molar-refractivity contribution in [3.05, 3.63) is 64.7 Å². The third-order valence-electron chi connectivity index (χ3n) is 3.43. The Hall–Kier alpha value is -3.17. The molecule has 24 heavy (non-hydrogen) atoms. The number of nitrogens with zero attached hydrogens (tertiary/aromatic N) is 2. The van der Waals surface area contributed by atoms with Gasteiger partial charge in [-0.2, -0.15) is 5.26 Å². The van der Waals surface area contributed by atoms with E-state index in [1.165, 1.54) is 17.4 Å². The van der Waals surface area contributed by atoms with Crippen molar-refractivity contribution < 1.29 is 14.6 Å². The van der Waals surface area contributed by atoms with Gasteiger partial charge in [-0.25, -0.2) is 9.78 Å². The first kappa shape index (κ1) is 15.7. The maximum absolute atomic E-state index is 11.6. The van der Waals surface area contributed by atoms with E-state index in [4.69, 9.17) is 4.74 Å². The average Bonchev–Trinajstić information content (AvgIpc) is 3.07. The number of hydrogen-bond donors (Lipinski definition) is 1. The van der Waals surface area contributed by atoms with E-state index in [-0.39, 0.29) is 11.1 Å². The quantitative estimate of drug-likeness (QED) is 0.759. The molecular formula is C18H12N2O3S. The predicted octanol–water partition coefficient (Wildman–Crippen LogP) is 4.48. The largest absolute Gasteiger partial charge is 0.478 e. The van der Waals surface area contributed by atoms with Crippen LogP contribution in [0.1, 0.15) is 21.5 Å². The minimum Gasteiger partial charge on any atom is -0.478 e. The standard InChI is InChI=1S/C18H12N2O3S/c1-11-2-4-12(5-3-11)14-8-13(23-18-20-6-7-24-18)9-15(17(21)22)16(14)10-19/h2-9H,1H3,(H,21,22). The highest BCUT2D eigenvalue weighted by atomic mass is 32.1. The maximum Gasteiger partial charge on any atom is 0.337 e. The van der Waals surface area contributed by atoms with Gasteiger partial charge in [0, 0.05) is 17.1 Å². The van der Waals surface area contributed by atoms with E-state index in [0.29, 0.717) is 16.5 Å². The molecule has 0 atom stereocenters. The van der Waals surface area contributed by atoms with Gasteiger partial charge in [0.2, 0.25) is 0 Å². The van der Waals surface area contributed by atoms with Crippen molar-refractivity contribution in [2.45, 2.75) is 6.92 Å². The molecule has 0 radical (unpaired) electrons. The molecule has 3 rings (SSSR count). The number of benzene rings is 2. The number of rotatable bonds is 4. The molecule has 1 aromatic heterocycles. The van der Waals surface area contributed by atoms with Gasteiger partial charge in [0.05, 0.1) is 11.1 Å². The Balaban J connectivity index is 2.17. The molecule has 0 unspecified atom stereocenters. The van der Waals surface area contributed by atoms with Crippen molar-refractivity contribution in [3.8, 4) is 28.1 Å². The van der Waals surface area contributed by atoms with Crippen LogP contribution in [-0.4, -0.2) is 16.1 Å². The molecule has 3 aromatic rings. The second kappa shape index (κ2) is 6.52. The van der Waals surface area contributed by atoms with Gasteiger partial charge in [-0.1, -0.05) is 41.2 Å². The molecule has 0 aliphatic rings. The number of carboxylic acids is 1. The molecule has 0 saturated heterocycles.